The molecule has 0 spiro atoms. The predicted octanol–water partition coefficient (Wildman–Crippen LogP) is 2.97. The summed E-state index contributed by atoms with van der Waals surface area (Å²) in [5.41, 5.74) is 2.30. The fraction of sp³-hybridized carbons (Fsp3) is 0.474. The molecule has 2 aromatic rings. The molecule has 0 bridgehead atoms. The lowest BCUT2D eigenvalue weighted by molar-refractivity contribution is 0.0678. The first-order valence-corrected chi connectivity index (χ1v) is 8.90. The standard InChI is InChI=1S/C19H26N4O2/c1-15(2)25-19(24)22-11-7-17(8-12-22)20-14-16-5-3-6-18(13-16)23-10-4-9-21-23/h3-6,9-10,13,15,17,20H,7-8,11-12,14H2,1-2H3. The first-order valence-electron chi connectivity index (χ1n) is 8.90. The van der Waals surface area contributed by atoms with Gasteiger partial charge in [-0.15, -0.1) is 0 Å². The molecular formula is C19H26N4O2. The molecule has 25 heavy (non-hydrogen) atoms. The second kappa shape index (κ2) is 8.16. The van der Waals surface area contributed by atoms with E-state index in [4.69, 9.17) is 4.74 Å². The molecule has 0 saturated carbocycles. The number of hydrogen-bond acceptors (Lipinski definition) is 4. The van der Waals surface area contributed by atoms with Crippen molar-refractivity contribution in [2.24, 2.45) is 0 Å². The minimum atomic E-state index is -0.194. The molecule has 6 nitrogen and oxygen atoms in total. The van der Waals surface area contributed by atoms with Gasteiger partial charge in [-0.1, -0.05) is 12.1 Å². The molecule has 1 aromatic heterocycles. The highest BCUT2D eigenvalue weighted by Gasteiger charge is 2.23. The van der Waals surface area contributed by atoms with Gasteiger partial charge in [-0.05, 0) is 50.5 Å². The van der Waals surface area contributed by atoms with Gasteiger partial charge in [0.15, 0.2) is 0 Å². The first kappa shape index (κ1) is 17.5. The molecule has 0 radical (unpaired) electrons. The molecule has 6 heteroatoms. The van der Waals surface area contributed by atoms with Crippen molar-refractivity contribution < 1.29 is 9.53 Å². The third kappa shape index (κ3) is 4.82. The van der Waals surface area contributed by atoms with Crippen LogP contribution in [0.5, 0.6) is 0 Å². The predicted molar refractivity (Wildman–Crippen MR) is 96.6 cm³/mol. The number of likely N-dealkylation sites (tertiary alicyclic amines) is 1. The molecule has 1 amide bonds. The van der Waals surface area contributed by atoms with E-state index in [1.54, 1.807) is 11.1 Å². The van der Waals surface area contributed by atoms with Crippen LogP contribution in [0.25, 0.3) is 5.69 Å². The van der Waals surface area contributed by atoms with E-state index in [0.29, 0.717) is 6.04 Å². The zero-order valence-corrected chi connectivity index (χ0v) is 14.9. The lowest BCUT2D eigenvalue weighted by Gasteiger charge is -2.32. The van der Waals surface area contributed by atoms with E-state index in [2.05, 4.69) is 34.7 Å². The number of aromatic nitrogens is 2. The molecular weight excluding hydrogens is 316 g/mol. The minimum absolute atomic E-state index is 0.0644. The maximum absolute atomic E-state index is 11.9. The fourth-order valence-electron chi connectivity index (χ4n) is 3.04. The summed E-state index contributed by atoms with van der Waals surface area (Å²) in [6, 6.07) is 10.7. The van der Waals surface area contributed by atoms with Crippen molar-refractivity contribution in [1.29, 1.82) is 0 Å². The van der Waals surface area contributed by atoms with Crippen LogP contribution in [-0.2, 0) is 11.3 Å². The van der Waals surface area contributed by atoms with Gasteiger partial charge in [0.2, 0.25) is 0 Å². The number of amides is 1. The number of ether oxygens (including phenoxy) is 1. The Kier molecular flexibility index (Phi) is 5.71. The van der Waals surface area contributed by atoms with Gasteiger partial charge >= 0.3 is 6.09 Å². The molecule has 1 aromatic carbocycles. The zero-order chi connectivity index (χ0) is 17.6. The third-order valence-corrected chi connectivity index (χ3v) is 4.36. The summed E-state index contributed by atoms with van der Waals surface area (Å²) in [7, 11) is 0. The maximum atomic E-state index is 11.9. The van der Waals surface area contributed by atoms with E-state index >= 15 is 0 Å². The Morgan fingerprint density at radius 1 is 1.32 bits per heavy atom. The van der Waals surface area contributed by atoms with Crippen LogP contribution in [0.3, 0.4) is 0 Å². The molecule has 1 fully saturated rings. The molecule has 1 aliphatic heterocycles. The van der Waals surface area contributed by atoms with Gasteiger partial charge in [-0.3, -0.25) is 0 Å². The van der Waals surface area contributed by atoms with Crippen molar-refractivity contribution in [3.8, 4) is 5.69 Å². The van der Waals surface area contributed by atoms with Crippen molar-refractivity contribution in [2.75, 3.05) is 13.1 Å². The lowest BCUT2D eigenvalue weighted by atomic mass is 10.0. The Morgan fingerprint density at radius 3 is 2.80 bits per heavy atom. The number of benzene rings is 1. The van der Waals surface area contributed by atoms with Crippen molar-refractivity contribution >= 4 is 6.09 Å². The third-order valence-electron chi connectivity index (χ3n) is 4.36. The minimum Gasteiger partial charge on any atom is -0.447 e. The summed E-state index contributed by atoms with van der Waals surface area (Å²) in [6.07, 6.45) is 5.37. The monoisotopic (exact) mass is 342 g/mol. The van der Waals surface area contributed by atoms with Crippen LogP contribution in [0, 0.1) is 0 Å². The Morgan fingerprint density at radius 2 is 2.12 bits per heavy atom. The number of nitrogens with zero attached hydrogens (tertiary/aromatic N) is 3. The van der Waals surface area contributed by atoms with Gasteiger partial charge in [0.05, 0.1) is 11.8 Å². The summed E-state index contributed by atoms with van der Waals surface area (Å²) < 4.78 is 7.12. The van der Waals surface area contributed by atoms with E-state index < -0.39 is 0 Å². The molecule has 3 rings (SSSR count). The van der Waals surface area contributed by atoms with Crippen LogP contribution in [0.1, 0.15) is 32.3 Å². The highest BCUT2D eigenvalue weighted by molar-refractivity contribution is 5.67. The normalized spacial score (nSPS) is 15.6. The number of hydrogen-bond donors (Lipinski definition) is 1. The Hall–Kier alpha value is -2.34. The summed E-state index contributed by atoms with van der Waals surface area (Å²) in [4.78, 5) is 13.7. The summed E-state index contributed by atoms with van der Waals surface area (Å²) in [5, 5.41) is 7.87. The quantitative estimate of drug-likeness (QED) is 0.907. The van der Waals surface area contributed by atoms with Crippen LogP contribution in [0.4, 0.5) is 4.79 Å². The molecule has 2 heterocycles. The van der Waals surface area contributed by atoms with Crippen LogP contribution in [0.2, 0.25) is 0 Å². The largest absolute Gasteiger partial charge is 0.447 e. The van der Waals surface area contributed by atoms with Gasteiger partial charge in [-0.2, -0.15) is 5.10 Å². The molecule has 1 saturated heterocycles. The summed E-state index contributed by atoms with van der Waals surface area (Å²) in [6.45, 7) is 6.07. The molecule has 1 aliphatic rings. The van der Waals surface area contributed by atoms with Gasteiger partial charge in [0, 0.05) is 38.1 Å². The Bertz CT molecular complexity index is 676. The molecule has 0 unspecified atom stereocenters. The van der Waals surface area contributed by atoms with Crippen molar-refractivity contribution in [3.63, 3.8) is 0 Å². The SMILES string of the molecule is CC(C)OC(=O)N1CCC(NCc2cccc(-n3cccn3)c2)CC1. The van der Waals surface area contributed by atoms with Crippen molar-refractivity contribution in [1.82, 2.24) is 20.0 Å². The van der Waals surface area contributed by atoms with Crippen molar-refractivity contribution in [3.05, 3.63) is 48.3 Å². The number of carbonyl (C=O) groups excluding carboxylic acids is 1. The number of rotatable bonds is 5. The molecule has 134 valence electrons. The Balaban J connectivity index is 1.47. The molecule has 0 aliphatic carbocycles. The van der Waals surface area contributed by atoms with Crippen LogP contribution in [0.15, 0.2) is 42.7 Å². The van der Waals surface area contributed by atoms with Crippen LogP contribution >= 0.6 is 0 Å². The van der Waals surface area contributed by atoms with E-state index in [1.165, 1.54) is 5.56 Å². The molecule has 1 N–H and O–H groups in total. The van der Waals surface area contributed by atoms with E-state index in [9.17, 15) is 4.79 Å². The van der Waals surface area contributed by atoms with Gasteiger partial charge in [0.25, 0.3) is 0 Å². The second-order valence-electron chi connectivity index (χ2n) is 6.70. The zero-order valence-electron chi connectivity index (χ0n) is 14.9. The lowest BCUT2D eigenvalue weighted by Crippen LogP contribution is -2.45. The number of nitrogens with one attached hydrogen (secondary N) is 1. The topological polar surface area (TPSA) is 59.4 Å². The maximum Gasteiger partial charge on any atom is 0.410 e. The number of piperidine rings is 1. The smallest absolute Gasteiger partial charge is 0.410 e. The van der Waals surface area contributed by atoms with Crippen molar-refractivity contribution in [2.45, 2.75) is 45.4 Å². The highest BCUT2D eigenvalue weighted by atomic mass is 16.6. The first-order chi connectivity index (χ1) is 12.1. The summed E-state index contributed by atoms with van der Waals surface area (Å²) >= 11 is 0. The Labute approximate surface area is 148 Å². The van der Waals surface area contributed by atoms with Gasteiger partial charge < -0.3 is 15.0 Å². The number of carbonyl (C=O) groups is 1. The van der Waals surface area contributed by atoms with Gasteiger partial charge in [0.1, 0.15) is 0 Å². The van der Waals surface area contributed by atoms with E-state index in [1.807, 2.05) is 30.8 Å². The van der Waals surface area contributed by atoms with Gasteiger partial charge in [-0.25, -0.2) is 9.48 Å². The van der Waals surface area contributed by atoms with Crippen LogP contribution < -0.4 is 5.32 Å². The molecule has 0 atom stereocenters. The second-order valence-corrected chi connectivity index (χ2v) is 6.70. The highest BCUT2D eigenvalue weighted by Crippen LogP contribution is 2.14. The van der Waals surface area contributed by atoms with E-state index in [0.717, 1.165) is 38.2 Å². The average Bonchev–Trinajstić information content (AvgIpc) is 3.15. The fourth-order valence-corrected chi connectivity index (χ4v) is 3.04. The summed E-state index contributed by atoms with van der Waals surface area (Å²) in [5.74, 6) is 0. The van der Waals surface area contributed by atoms with Crippen LogP contribution in [-0.4, -0.2) is 46.0 Å². The van der Waals surface area contributed by atoms with E-state index in [-0.39, 0.29) is 12.2 Å². The average molecular weight is 342 g/mol.